The molecule has 0 bridgehead atoms. The monoisotopic (exact) mass is 493 g/mol. The van der Waals surface area contributed by atoms with Crippen LogP contribution in [0.15, 0.2) is 114 Å². The van der Waals surface area contributed by atoms with E-state index in [1.807, 2.05) is 109 Å². The zero-order valence-corrected chi connectivity index (χ0v) is 21.2. The predicted molar refractivity (Wildman–Crippen MR) is 146 cm³/mol. The van der Waals surface area contributed by atoms with Crippen LogP contribution in [0, 0.1) is 0 Å². The van der Waals surface area contributed by atoms with Crippen LogP contribution < -0.4 is 9.47 Å². The Morgan fingerprint density at radius 2 is 1.38 bits per heavy atom. The van der Waals surface area contributed by atoms with Crippen LogP contribution in [0.25, 0.3) is 0 Å². The Balaban J connectivity index is 1.73. The van der Waals surface area contributed by atoms with Crippen molar-refractivity contribution in [2.45, 2.75) is 26.0 Å². The van der Waals surface area contributed by atoms with Crippen molar-refractivity contribution >= 4 is 11.7 Å². The first-order valence-corrected chi connectivity index (χ1v) is 12.4. The van der Waals surface area contributed by atoms with E-state index in [0.717, 1.165) is 28.0 Å². The molecule has 37 heavy (non-hydrogen) atoms. The second-order valence-electron chi connectivity index (χ2n) is 8.40. The Labute approximate surface area is 218 Å². The van der Waals surface area contributed by atoms with Crippen LogP contribution in [0.1, 0.15) is 29.2 Å². The number of rotatable bonds is 11. The minimum absolute atomic E-state index is 0.270. The number of methoxy groups -OCH3 is 1. The van der Waals surface area contributed by atoms with Crippen molar-refractivity contribution in [3.8, 4) is 11.5 Å². The zero-order chi connectivity index (χ0) is 25.9. The van der Waals surface area contributed by atoms with Crippen molar-refractivity contribution in [2.24, 2.45) is 4.99 Å². The van der Waals surface area contributed by atoms with Gasteiger partial charge in [-0.2, -0.15) is 0 Å². The van der Waals surface area contributed by atoms with Gasteiger partial charge in [0.2, 0.25) is 0 Å². The van der Waals surface area contributed by atoms with Gasteiger partial charge in [0.25, 0.3) is 0 Å². The van der Waals surface area contributed by atoms with Gasteiger partial charge in [-0.1, -0.05) is 103 Å². The number of ether oxygens (including phenoxy) is 3. The quantitative estimate of drug-likeness (QED) is 0.182. The van der Waals surface area contributed by atoms with Crippen LogP contribution in [0.3, 0.4) is 0 Å². The van der Waals surface area contributed by atoms with Gasteiger partial charge in [-0.05, 0) is 18.6 Å². The van der Waals surface area contributed by atoms with Crippen LogP contribution in [0.5, 0.6) is 11.5 Å². The number of esters is 1. The summed E-state index contributed by atoms with van der Waals surface area (Å²) in [6.07, 6.45) is 0.295. The third kappa shape index (κ3) is 6.85. The molecule has 0 aliphatic heterocycles. The number of benzene rings is 4. The Kier molecular flexibility index (Phi) is 9.08. The molecular formula is C32H31NO4. The van der Waals surface area contributed by atoms with Crippen LogP contribution in [-0.4, -0.2) is 31.4 Å². The maximum absolute atomic E-state index is 13.2. The van der Waals surface area contributed by atoms with Gasteiger partial charge in [-0.25, -0.2) is 4.79 Å². The number of hydrogen-bond acceptors (Lipinski definition) is 5. The van der Waals surface area contributed by atoms with Crippen molar-refractivity contribution in [2.75, 3.05) is 13.7 Å². The molecule has 0 saturated carbocycles. The van der Waals surface area contributed by atoms with E-state index >= 15 is 0 Å². The average molecular weight is 494 g/mol. The van der Waals surface area contributed by atoms with Gasteiger partial charge in [0, 0.05) is 23.1 Å². The van der Waals surface area contributed by atoms with Crippen LogP contribution >= 0.6 is 0 Å². The highest BCUT2D eigenvalue weighted by Crippen LogP contribution is 2.33. The SMILES string of the molecule is CCOC(=O)C(Cc1cccc(OC)c1OCc1ccccc1)N=C(c1ccccc1)c1ccccc1. The molecule has 0 aliphatic carbocycles. The summed E-state index contributed by atoms with van der Waals surface area (Å²) in [5.74, 6) is 0.814. The lowest BCUT2D eigenvalue weighted by Crippen LogP contribution is -2.26. The number of nitrogens with zero attached hydrogens (tertiary/aromatic N) is 1. The molecule has 4 rings (SSSR count). The molecule has 0 amide bonds. The second-order valence-corrected chi connectivity index (χ2v) is 8.40. The molecule has 0 N–H and O–H groups in total. The third-order valence-electron chi connectivity index (χ3n) is 5.86. The van der Waals surface area contributed by atoms with Gasteiger partial charge in [0.15, 0.2) is 17.5 Å². The number of aliphatic imine (C=N–C) groups is 1. The van der Waals surface area contributed by atoms with Crippen LogP contribution in [0.2, 0.25) is 0 Å². The van der Waals surface area contributed by atoms with Gasteiger partial charge in [-0.3, -0.25) is 4.99 Å². The second kappa shape index (κ2) is 13.1. The molecule has 0 heterocycles. The number of hydrogen-bond donors (Lipinski definition) is 0. The fourth-order valence-electron chi connectivity index (χ4n) is 4.07. The lowest BCUT2D eigenvalue weighted by Gasteiger charge is -2.19. The lowest BCUT2D eigenvalue weighted by molar-refractivity contribution is -0.144. The lowest BCUT2D eigenvalue weighted by atomic mass is 10.00. The van der Waals surface area contributed by atoms with E-state index in [9.17, 15) is 4.79 Å². The number of carbonyl (C=O) groups excluding carboxylic acids is 1. The standard InChI is InChI=1S/C32H31NO4/c1-3-36-32(34)28(33-30(25-16-9-5-10-17-25)26-18-11-6-12-19-26)22-27-20-13-21-29(35-2)31(27)37-23-24-14-7-4-8-15-24/h4-21,28H,3,22-23H2,1-2H3. The Bertz CT molecular complexity index is 1260. The van der Waals surface area contributed by atoms with Crippen molar-refractivity contribution in [1.29, 1.82) is 0 Å². The van der Waals surface area contributed by atoms with E-state index in [-0.39, 0.29) is 12.6 Å². The molecule has 4 aromatic rings. The van der Waals surface area contributed by atoms with Crippen molar-refractivity contribution in [3.05, 3.63) is 131 Å². The molecule has 5 nitrogen and oxygen atoms in total. The van der Waals surface area contributed by atoms with Crippen molar-refractivity contribution in [3.63, 3.8) is 0 Å². The maximum atomic E-state index is 13.2. The minimum Gasteiger partial charge on any atom is -0.493 e. The van der Waals surface area contributed by atoms with E-state index in [0.29, 0.717) is 24.5 Å². The highest BCUT2D eigenvalue weighted by Gasteiger charge is 2.24. The molecule has 0 aromatic heterocycles. The molecule has 1 unspecified atom stereocenters. The Morgan fingerprint density at radius 3 is 1.95 bits per heavy atom. The smallest absolute Gasteiger partial charge is 0.331 e. The molecule has 0 spiro atoms. The summed E-state index contributed by atoms with van der Waals surface area (Å²) in [5, 5.41) is 0. The van der Waals surface area contributed by atoms with E-state index < -0.39 is 6.04 Å². The molecule has 0 saturated heterocycles. The summed E-state index contributed by atoms with van der Waals surface area (Å²) in [5.41, 5.74) is 4.43. The van der Waals surface area contributed by atoms with Crippen molar-refractivity contribution in [1.82, 2.24) is 0 Å². The molecule has 5 heteroatoms. The van der Waals surface area contributed by atoms with Gasteiger partial charge < -0.3 is 14.2 Å². The fourth-order valence-corrected chi connectivity index (χ4v) is 4.07. The number of carbonyl (C=O) groups is 1. The minimum atomic E-state index is -0.776. The van der Waals surface area contributed by atoms with Gasteiger partial charge in [-0.15, -0.1) is 0 Å². The van der Waals surface area contributed by atoms with E-state index in [1.54, 1.807) is 14.0 Å². The molecule has 1 atom stereocenters. The molecule has 0 radical (unpaired) electrons. The molecule has 0 fully saturated rings. The van der Waals surface area contributed by atoms with Crippen LogP contribution in [-0.2, 0) is 22.6 Å². The highest BCUT2D eigenvalue weighted by atomic mass is 16.5. The maximum Gasteiger partial charge on any atom is 0.331 e. The summed E-state index contributed by atoms with van der Waals surface area (Å²) in [6.45, 7) is 2.45. The van der Waals surface area contributed by atoms with E-state index in [1.165, 1.54) is 0 Å². The largest absolute Gasteiger partial charge is 0.493 e. The first-order valence-electron chi connectivity index (χ1n) is 12.4. The van der Waals surface area contributed by atoms with Gasteiger partial charge in [0.05, 0.1) is 19.4 Å². The normalized spacial score (nSPS) is 11.3. The first-order chi connectivity index (χ1) is 18.2. The summed E-state index contributed by atoms with van der Waals surface area (Å²) >= 11 is 0. The van der Waals surface area contributed by atoms with Crippen LogP contribution in [0.4, 0.5) is 0 Å². The first kappa shape index (κ1) is 25.7. The Hall–Kier alpha value is -4.38. The third-order valence-corrected chi connectivity index (χ3v) is 5.86. The fraction of sp³-hybridized carbons (Fsp3) is 0.188. The summed E-state index contributed by atoms with van der Waals surface area (Å²) in [6, 6.07) is 34.6. The van der Waals surface area contributed by atoms with Gasteiger partial charge >= 0.3 is 5.97 Å². The summed E-state index contributed by atoms with van der Waals surface area (Å²) in [4.78, 5) is 18.2. The van der Waals surface area contributed by atoms with E-state index in [2.05, 4.69) is 0 Å². The molecule has 4 aromatic carbocycles. The predicted octanol–water partition coefficient (Wildman–Crippen LogP) is 6.29. The van der Waals surface area contributed by atoms with E-state index in [4.69, 9.17) is 19.2 Å². The number of para-hydroxylation sites is 1. The van der Waals surface area contributed by atoms with Crippen molar-refractivity contribution < 1.29 is 19.0 Å². The summed E-state index contributed by atoms with van der Waals surface area (Å²) in [7, 11) is 1.61. The molecule has 188 valence electrons. The van der Waals surface area contributed by atoms with Gasteiger partial charge in [0.1, 0.15) is 6.61 Å². The molecular weight excluding hydrogens is 462 g/mol. The average Bonchev–Trinajstić information content (AvgIpc) is 2.95. The molecule has 0 aliphatic rings. The summed E-state index contributed by atoms with van der Waals surface area (Å²) < 4.78 is 17.3. The Morgan fingerprint density at radius 1 is 0.784 bits per heavy atom. The topological polar surface area (TPSA) is 57.1 Å². The zero-order valence-electron chi connectivity index (χ0n) is 21.2. The highest BCUT2D eigenvalue weighted by molar-refractivity contribution is 6.13.